The van der Waals surface area contributed by atoms with Crippen molar-refractivity contribution in [1.29, 1.82) is 5.26 Å². The van der Waals surface area contributed by atoms with Gasteiger partial charge in [-0.1, -0.05) is 64.9 Å². The van der Waals surface area contributed by atoms with Crippen LogP contribution in [-0.4, -0.2) is 23.3 Å². The summed E-state index contributed by atoms with van der Waals surface area (Å²) in [5, 5.41) is 10.0. The van der Waals surface area contributed by atoms with Crippen LogP contribution in [0.3, 0.4) is 0 Å². The Morgan fingerprint density at radius 2 is 1.87 bits per heavy atom. The van der Waals surface area contributed by atoms with E-state index in [0.29, 0.717) is 37.5 Å². The summed E-state index contributed by atoms with van der Waals surface area (Å²) < 4.78 is 55.7. The van der Waals surface area contributed by atoms with Gasteiger partial charge in [0.25, 0.3) is 5.56 Å². The van der Waals surface area contributed by atoms with Crippen LogP contribution in [0.25, 0.3) is 6.08 Å². The van der Waals surface area contributed by atoms with Gasteiger partial charge in [0.1, 0.15) is 12.4 Å². The number of aromatic nitrogens is 1. The molecule has 230 valence electrons. The Morgan fingerprint density at radius 3 is 2.53 bits per heavy atom. The Hall–Kier alpha value is -3.89. The molecule has 0 amide bonds. The van der Waals surface area contributed by atoms with Crippen LogP contribution in [0.2, 0.25) is 10.0 Å². The van der Waals surface area contributed by atoms with Crippen molar-refractivity contribution in [3.05, 3.63) is 128 Å². The first-order valence-electron chi connectivity index (χ1n) is 13.1. The van der Waals surface area contributed by atoms with Gasteiger partial charge >= 0.3 is 12.1 Å². The van der Waals surface area contributed by atoms with E-state index in [4.69, 9.17) is 32.7 Å². The smallest absolute Gasteiger partial charge is 0.434 e. The molecule has 0 saturated carbocycles. The average molecular weight is 737 g/mol. The molecule has 45 heavy (non-hydrogen) atoms. The number of nitrogens with zero attached hydrogens (tertiary/aromatic N) is 3. The molecule has 3 aromatic carbocycles. The number of rotatable bonds is 7. The molecule has 0 bridgehead atoms. The summed E-state index contributed by atoms with van der Waals surface area (Å²) in [6.45, 7) is 1.26. The van der Waals surface area contributed by atoms with Gasteiger partial charge in [0.15, 0.2) is 10.5 Å². The summed E-state index contributed by atoms with van der Waals surface area (Å²) >= 11 is 16.5. The van der Waals surface area contributed by atoms with Gasteiger partial charge in [-0.05, 0) is 64.8 Å². The predicted octanol–water partition coefficient (Wildman–Crippen LogP) is 6.86. The highest BCUT2D eigenvalue weighted by Gasteiger charge is 2.45. The van der Waals surface area contributed by atoms with Gasteiger partial charge in [-0.2, -0.15) is 18.4 Å². The number of carbonyl (C=O) groups is 1. The molecule has 7 nitrogen and oxygen atoms in total. The third-order valence-electron chi connectivity index (χ3n) is 6.61. The summed E-state index contributed by atoms with van der Waals surface area (Å²) in [6.07, 6.45) is -3.62. The molecule has 14 heteroatoms. The number of carbonyl (C=O) groups excluding carboxylic acids is 1. The minimum Gasteiger partial charge on any atom is -0.487 e. The number of thiazole rings is 1. The Kier molecular flexibility index (Phi) is 9.55. The number of halogens is 6. The number of benzene rings is 3. The largest absolute Gasteiger partial charge is 0.487 e. The maximum absolute atomic E-state index is 14.4. The van der Waals surface area contributed by atoms with Crippen molar-refractivity contribution >= 4 is 62.5 Å². The monoisotopic (exact) mass is 735 g/mol. The molecule has 0 saturated heterocycles. The molecule has 0 radical (unpaired) electrons. The predicted molar refractivity (Wildman–Crippen MR) is 167 cm³/mol. The minimum atomic E-state index is -5.04. The fraction of sp³-hybridized carbons (Fsp3) is 0.161. The number of fused-ring (bicyclic) bond motifs is 1. The van der Waals surface area contributed by atoms with Crippen molar-refractivity contribution in [2.24, 2.45) is 4.99 Å². The van der Waals surface area contributed by atoms with E-state index in [-0.39, 0.29) is 38.9 Å². The van der Waals surface area contributed by atoms with Crippen molar-refractivity contribution < 1.29 is 27.4 Å². The maximum atomic E-state index is 14.4. The number of nitriles is 1. The highest BCUT2D eigenvalue weighted by atomic mass is 79.9. The first-order chi connectivity index (χ1) is 21.4. The molecule has 0 fully saturated rings. The van der Waals surface area contributed by atoms with E-state index in [1.54, 1.807) is 30.3 Å². The average Bonchev–Trinajstić information content (AvgIpc) is 3.30. The standard InChI is InChI=1S/C31H19BrCl2F3N3O4S/c1-2-43-29(42)24-25(16-7-9-20(33)10-8-16)40-28(41)23(45-30(40)39-27(24)31(35,36)37)12-19-11-21(34)13-22(32)26(19)44-15-18-6-4-3-5-17(18)14-38/h3-13,25H,2,15H2,1H3/b23-12-/t25-/m1/s1. The number of esters is 1. The highest BCUT2D eigenvalue weighted by molar-refractivity contribution is 9.10. The fourth-order valence-corrected chi connectivity index (χ4v) is 6.75. The van der Waals surface area contributed by atoms with Crippen molar-refractivity contribution in [1.82, 2.24) is 4.57 Å². The minimum absolute atomic E-state index is 0.000462. The second-order valence-electron chi connectivity index (χ2n) is 9.48. The molecule has 4 aromatic rings. The summed E-state index contributed by atoms with van der Waals surface area (Å²) in [5.41, 5.74) is -1.44. The Labute approximate surface area is 276 Å². The lowest BCUT2D eigenvalue weighted by Crippen LogP contribution is -2.41. The maximum Gasteiger partial charge on any atom is 0.434 e. The van der Waals surface area contributed by atoms with Gasteiger partial charge in [0, 0.05) is 21.2 Å². The van der Waals surface area contributed by atoms with Crippen LogP contribution in [0.1, 0.15) is 35.2 Å². The lowest BCUT2D eigenvalue weighted by Gasteiger charge is -2.26. The van der Waals surface area contributed by atoms with E-state index in [0.717, 1.165) is 4.57 Å². The Balaban J connectivity index is 1.72. The molecule has 0 N–H and O–H groups in total. The van der Waals surface area contributed by atoms with Gasteiger partial charge in [0.2, 0.25) is 0 Å². The van der Waals surface area contributed by atoms with Crippen molar-refractivity contribution in [3.63, 3.8) is 0 Å². The zero-order valence-electron chi connectivity index (χ0n) is 23.0. The zero-order valence-corrected chi connectivity index (χ0v) is 26.9. The second-order valence-corrected chi connectivity index (χ2v) is 12.2. The summed E-state index contributed by atoms with van der Waals surface area (Å²) in [7, 11) is 0. The first kappa shape index (κ1) is 32.5. The molecule has 0 unspecified atom stereocenters. The van der Waals surface area contributed by atoms with Crippen molar-refractivity contribution in [2.45, 2.75) is 25.7 Å². The van der Waals surface area contributed by atoms with Gasteiger partial charge in [-0.15, -0.1) is 0 Å². The fourth-order valence-electron chi connectivity index (χ4n) is 4.69. The van der Waals surface area contributed by atoms with Crippen LogP contribution in [0.15, 0.2) is 86.2 Å². The lowest BCUT2D eigenvalue weighted by atomic mass is 9.95. The van der Waals surface area contributed by atoms with Crippen LogP contribution in [-0.2, 0) is 16.1 Å². The van der Waals surface area contributed by atoms with E-state index in [2.05, 4.69) is 27.0 Å². The van der Waals surface area contributed by atoms with E-state index in [1.165, 1.54) is 43.3 Å². The second kappa shape index (κ2) is 13.2. The molecule has 0 spiro atoms. The van der Waals surface area contributed by atoms with E-state index in [9.17, 15) is 28.0 Å². The first-order valence-corrected chi connectivity index (χ1v) is 15.4. The number of hydrogen-bond donors (Lipinski definition) is 0. The summed E-state index contributed by atoms with van der Waals surface area (Å²) in [5.74, 6) is -0.981. The Bertz CT molecular complexity index is 2070. The van der Waals surface area contributed by atoms with Crippen LogP contribution >= 0.6 is 50.5 Å². The number of allylic oxidation sites excluding steroid dienone is 1. The molecule has 1 aromatic heterocycles. The molecule has 1 aliphatic heterocycles. The number of hydrogen-bond acceptors (Lipinski definition) is 7. The van der Waals surface area contributed by atoms with Crippen molar-refractivity contribution in [3.8, 4) is 11.8 Å². The summed E-state index contributed by atoms with van der Waals surface area (Å²) in [4.78, 5) is 30.5. The topological polar surface area (TPSA) is 93.7 Å². The van der Waals surface area contributed by atoms with Crippen LogP contribution in [0.5, 0.6) is 5.75 Å². The number of ether oxygens (including phenoxy) is 2. The molecule has 2 heterocycles. The third-order valence-corrected chi connectivity index (χ3v) is 8.66. The van der Waals surface area contributed by atoms with Gasteiger partial charge in [0.05, 0.1) is 38.9 Å². The quantitative estimate of drug-likeness (QED) is 0.193. The molecule has 1 aliphatic rings. The lowest BCUT2D eigenvalue weighted by molar-refractivity contribution is -0.140. The van der Waals surface area contributed by atoms with Crippen LogP contribution in [0.4, 0.5) is 13.2 Å². The Morgan fingerprint density at radius 1 is 1.16 bits per heavy atom. The molecule has 5 rings (SSSR count). The molecule has 0 aliphatic carbocycles. The van der Waals surface area contributed by atoms with Crippen molar-refractivity contribution in [2.75, 3.05) is 6.61 Å². The SMILES string of the molecule is CCOC(=O)C1=C(C(F)(F)F)N=c2s/c(=C\c3cc(Cl)cc(Br)c3OCc3ccccc3C#N)c(=O)n2[C@@H]1c1ccc(Cl)cc1. The van der Waals surface area contributed by atoms with Gasteiger partial charge in [-0.3, -0.25) is 9.36 Å². The van der Waals surface area contributed by atoms with Crippen LogP contribution in [0, 0.1) is 11.3 Å². The zero-order chi connectivity index (χ0) is 32.5. The summed E-state index contributed by atoms with van der Waals surface area (Å²) in [6, 6.07) is 16.3. The number of alkyl halides is 3. The van der Waals surface area contributed by atoms with Gasteiger partial charge in [-0.25, -0.2) is 9.79 Å². The van der Waals surface area contributed by atoms with Gasteiger partial charge < -0.3 is 9.47 Å². The normalized spacial score (nSPS) is 14.9. The van der Waals surface area contributed by atoms with Crippen LogP contribution < -0.4 is 19.6 Å². The molecular formula is C31H19BrCl2F3N3O4S. The molecule has 1 atom stereocenters. The highest BCUT2D eigenvalue weighted by Crippen LogP contribution is 2.39. The van der Waals surface area contributed by atoms with E-state index < -0.39 is 35.0 Å². The molecular weight excluding hydrogens is 718 g/mol. The van der Waals surface area contributed by atoms with E-state index in [1.807, 2.05) is 0 Å². The van der Waals surface area contributed by atoms with E-state index >= 15 is 0 Å². The third kappa shape index (κ3) is 6.72.